The van der Waals surface area contributed by atoms with Crippen LogP contribution in [0.2, 0.25) is 0 Å². The van der Waals surface area contributed by atoms with Crippen LogP contribution in [0.3, 0.4) is 0 Å². The van der Waals surface area contributed by atoms with Crippen LogP contribution in [-0.4, -0.2) is 11.6 Å². The molecule has 11 heavy (non-hydrogen) atoms. The molecular formula is C6H12ClNaO3. The van der Waals surface area contributed by atoms with Crippen LogP contribution in [0.5, 0.6) is 0 Å². The maximum atomic E-state index is 9.44. The van der Waals surface area contributed by atoms with E-state index in [0.29, 0.717) is 0 Å². The van der Waals surface area contributed by atoms with Gasteiger partial charge in [-0.25, -0.2) is 11.9 Å². The molecule has 0 saturated carbocycles. The average molecular weight is 191 g/mol. The molecule has 0 N–H and O–H groups in total. The number of hydrogen-bond donors (Lipinski definition) is 0. The Kier molecular flexibility index (Phi) is 46.0. The van der Waals surface area contributed by atoms with Crippen molar-refractivity contribution >= 4 is 23.4 Å². The SMILES string of the molecule is CC(C)=O.CC(C)=O.[Na+].[O-]Cl. The molecule has 0 radical (unpaired) electrons. The fourth-order valence-corrected chi connectivity index (χ4v) is 0. The van der Waals surface area contributed by atoms with Gasteiger partial charge in [0.1, 0.15) is 11.6 Å². The summed E-state index contributed by atoms with van der Waals surface area (Å²) in [4.78, 5) is 18.9. The molecule has 0 fully saturated rings. The summed E-state index contributed by atoms with van der Waals surface area (Å²) < 4.78 is 7.72. The maximum absolute atomic E-state index is 9.44. The molecule has 62 valence electrons. The van der Waals surface area contributed by atoms with Crippen molar-refractivity contribution in [3.05, 3.63) is 0 Å². The van der Waals surface area contributed by atoms with Crippen molar-refractivity contribution in [1.82, 2.24) is 0 Å². The predicted molar refractivity (Wildman–Crippen MR) is 38.6 cm³/mol. The minimum Gasteiger partial charge on any atom is -0.769 e. The van der Waals surface area contributed by atoms with Crippen LogP contribution in [-0.2, 0) is 9.59 Å². The molecule has 0 aliphatic heterocycles. The summed E-state index contributed by atoms with van der Waals surface area (Å²) >= 11 is 3.39. The summed E-state index contributed by atoms with van der Waals surface area (Å²) in [6, 6.07) is 0. The van der Waals surface area contributed by atoms with E-state index in [1.54, 1.807) is 0 Å². The Morgan fingerprint density at radius 1 is 0.909 bits per heavy atom. The van der Waals surface area contributed by atoms with Gasteiger partial charge in [0.2, 0.25) is 0 Å². The second-order valence-electron chi connectivity index (χ2n) is 1.82. The third kappa shape index (κ3) is 2240. The van der Waals surface area contributed by atoms with Gasteiger partial charge >= 0.3 is 29.6 Å². The first-order valence-corrected chi connectivity index (χ1v) is 2.87. The summed E-state index contributed by atoms with van der Waals surface area (Å²) in [5.41, 5.74) is 0. The first kappa shape index (κ1) is 22.6. The molecule has 0 amide bonds. The summed E-state index contributed by atoms with van der Waals surface area (Å²) in [6.07, 6.45) is 0. The molecule has 5 heteroatoms. The Labute approximate surface area is 94.6 Å². The maximum Gasteiger partial charge on any atom is 1.00 e. The number of ketones is 2. The van der Waals surface area contributed by atoms with Crippen LogP contribution < -0.4 is 34.2 Å². The Hall–Kier alpha value is 0.590. The van der Waals surface area contributed by atoms with Gasteiger partial charge in [0, 0.05) is 0 Å². The van der Waals surface area contributed by atoms with E-state index in [1.807, 2.05) is 0 Å². The Morgan fingerprint density at radius 3 is 0.909 bits per heavy atom. The number of halogens is 1. The van der Waals surface area contributed by atoms with Gasteiger partial charge < -0.3 is 14.2 Å². The number of carbonyl (C=O) groups excluding carboxylic acids is 2. The third-order valence-corrected chi connectivity index (χ3v) is 0. The molecule has 0 unspecified atom stereocenters. The minimum atomic E-state index is 0. The Balaban J connectivity index is -0.0000000339. The normalized spacial score (nSPS) is 5.27. The smallest absolute Gasteiger partial charge is 0.769 e. The molecular weight excluding hydrogens is 179 g/mol. The molecule has 0 bridgehead atoms. The molecule has 0 aliphatic carbocycles. The van der Waals surface area contributed by atoms with Gasteiger partial charge in [-0.15, -0.1) is 0 Å². The Morgan fingerprint density at radius 2 is 0.909 bits per heavy atom. The van der Waals surface area contributed by atoms with Crippen molar-refractivity contribution < 1.29 is 43.8 Å². The van der Waals surface area contributed by atoms with Crippen LogP contribution in [0.15, 0.2) is 0 Å². The zero-order valence-electron chi connectivity index (χ0n) is 7.60. The largest absolute Gasteiger partial charge is 1.00 e. The molecule has 0 saturated heterocycles. The fourth-order valence-electron chi connectivity index (χ4n) is 0. The molecule has 0 atom stereocenters. The van der Waals surface area contributed by atoms with Crippen molar-refractivity contribution in [3.8, 4) is 0 Å². The van der Waals surface area contributed by atoms with Crippen LogP contribution >= 0.6 is 11.9 Å². The minimum absolute atomic E-state index is 0. The summed E-state index contributed by atoms with van der Waals surface area (Å²) in [5, 5.41) is 0. The van der Waals surface area contributed by atoms with Gasteiger partial charge in [-0.1, -0.05) is 0 Å². The van der Waals surface area contributed by atoms with Crippen LogP contribution in [0.1, 0.15) is 27.7 Å². The fraction of sp³-hybridized carbons (Fsp3) is 0.667. The van der Waals surface area contributed by atoms with Crippen molar-refractivity contribution in [2.75, 3.05) is 0 Å². The molecule has 0 aromatic heterocycles. The van der Waals surface area contributed by atoms with Gasteiger partial charge in [0.15, 0.2) is 0 Å². The molecule has 0 rings (SSSR count). The summed E-state index contributed by atoms with van der Waals surface area (Å²) in [5.74, 6) is 0.333. The summed E-state index contributed by atoms with van der Waals surface area (Å²) in [7, 11) is 0. The Bertz CT molecular complexity index is 75.8. The van der Waals surface area contributed by atoms with Crippen molar-refractivity contribution in [1.29, 1.82) is 0 Å². The molecule has 0 aliphatic rings. The average Bonchev–Trinajstić information content (AvgIpc) is 1.66. The number of rotatable bonds is 0. The van der Waals surface area contributed by atoms with Crippen molar-refractivity contribution in [2.45, 2.75) is 27.7 Å². The van der Waals surface area contributed by atoms with Gasteiger partial charge in [-0.05, 0) is 27.7 Å². The van der Waals surface area contributed by atoms with Gasteiger partial charge in [0.25, 0.3) is 0 Å². The van der Waals surface area contributed by atoms with E-state index in [2.05, 4.69) is 11.9 Å². The van der Waals surface area contributed by atoms with Gasteiger partial charge in [-0.3, -0.25) is 0 Å². The van der Waals surface area contributed by atoms with E-state index < -0.39 is 0 Å². The molecule has 3 nitrogen and oxygen atoms in total. The van der Waals surface area contributed by atoms with Crippen LogP contribution in [0, 0.1) is 0 Å². The van der Waals surface area contributed by atoms with E-state index >= 15 is 0 Å². The standard InChI is InChI=1S/2C3H6O.ClO.Na/c2*1-3(2)4;1-2;/h2*1-2H3;;/q;;-1;+1. The van der Waals surface area contributed by atoms with E-state index in [-0.39, 0.29) is 41.1 Å². The van der Waals surface area contributed by atoms with Crippen molar-refractivity contribution in [3.63, 3.8) is 0 Å². The van der Waals surface area contributed by atoms with E-state index in [9.17, 15) is 9.59 Å². The van der Waals surface area contributed by atoms with Crippen LogP contribution in [0.25, 0.3) is 0 Å². The first-order chi connectivity index (χ1) is 4.46. The van der Waals surface area contributed by atoms with Gasteiger partial charge in [-0.2, -0.15) is 0 Å². The number of carbonyl (C=O) groups is 2. The van der Waals surface area contributed by atoms with Gasteiger partial charge in [0.05, 0.1) is 0 Å². The molecule has 0 spiro atoms. The quantitative estimate of drug-likeness (QED) is 0.404. The zero-order valence-corrected chi connectivity index (χ0v) is 10.4. The zero-order chi connectivity index (χ0) is 9.15. The van der Waals surface area contributed by atoms with Crippen LogP contribution in [0.4, 0.5) is 0 Å². The second-order valence-corrected chi connectivity index (χ2v) is 1.82. The monoisotopic (exact) mass is 190 g/mol. The molecule has 0 aromatic carbocycles. The van der Waals surface area contributed by atoms with E-state index in [1.165, 1.54) is 27.7 Å². The topological polar surface area (TPSA) is 57.2 Å². The number of Topliss-reactive ketones (excluding diaryl/α,β-unsaturated/α-hetero) is 2. The molecule has 0 heterocycles. The summed E-state index contributed by atoms with van der Waals surface area (Å²) in [6.45, 7) is 6.11. The van der Waals surface area contributed by atoms with E-state index in [4.69, 9.17) is 4.66 Å². The molecule has 0 aromatic rings. The second kappa shape index (κ2) is 22.4. The third-order valence-electron chi connectivity index (χ3n) is 0. The predicted octanol–water partition coefficient (Wildman–Crippen LogP) is -2.30. The van der Waals surface area contributed by atoms with Crippen molar-refractivity contribution in [2.24, 2.45) is 0 Å². The van der Waals surface area contributed by atoms with E-state index in [0.717, 1.165) is 0 Å². The first-order valence-electron chi connectivity index (χ1n) is 2.56. The number of hydrogen-bond acceptors (Lipinski definition) is 3.